The van der Waals surface area contributed by atoms with Gasteiger partial charge < -0.3 is 5.32 Å². The lowest BCUT2D eigenvalue weighted by molar-refractivity contribution is -0.137. The maximum atomic E-state index is 12.7. The Morgan fingerprint density at radius 2 is 1.62 bits per heavy atom. The van der Waals surface area contributed by atoms with Crippen LogP contribution >= 0.6 is 11.6 Å². The third-order valence-electron chi connectivity index (χ3n) is 3.15. The fourth-order valence-corrected chi connectivity index (χ4v) is 2.19. The average molecular weight is 314 g/mol. The van der Waals surface area contributed by atoms with Crippen molar-refractivity contribution in [3.63, 3.8) is 0 Å². The quantitative estimate of drug-likeness (QED) is 0.782. The smallest absolute Gasteiger partial charge is 0.381 e. The van der Waals surface area contributed by atoms with Gasteiger partial charge >= 0.3 is 6.18 Å². The molecule has 1 N–H and O–H groups in total. The molecule has 0 radical (unpaired) electrons. The van der Waals surface area contributed by atoms with Crippen LogP contribution in [0, 0.1) is 0 Å². The van der Waals surface area contributed by atoms with Crippen molar-refractivity contribution in [2.45, 2.75) is 26.1 Å². The lowest BCUT2D eigenvalue weighted by Crippen LogP contribution is -2.07. The predicted molar refractivity (Wildman–Crippen MR) is 79.6 cm³/mol. The number of anilines is 1. The van der Waals surface area contributed by atoms with Gasteiger partial charge in [0.05, 0.1) is 5.56 Å². The van der Waals surface area contributed by atoms with Crippen molar-refractivity contribution in [2.75, 3.05) is 5.32 Å². The number of rotatable bonds is 4. The summed E-state index contributed by atoms with van der Waals surface area (Å²) in [5.74, 6) is 0. The normalized spacial score (nSPS) is 11.5. The summed E-state index contributed by atoms with van der Waals surface area (Å²) >= 11 is 5.74. The number of hydrogen-bond acceptors (Lipinski definition) is 1. The number of alkyl halides is 3. The van der Waals surface area contributed by atoms with Crippen LogP contribution < -0.4 is 5.32 Å². The summed E-state index contributed by atoms with van der Waals surface area (Å²) in [6.45, 7) is 2.51. The van der Waals surface area contributed by atoms with E-state index < -0.39 is 11.7 Å². The second kappa shape index (κ2) is 6.39. The molecule has 0 fully saturated rings. The molecule has 0 atom stereocenters. The van der Waals surface area contributed by atoms with Gasteiger partial charge in [0.25, 0.3) is 0 Å². The Morgan fingerprint density at radius 1 is 1.00 bits per heavy atom. The summed E-state index contributed by atoms with van der Waals surface area (Å²) in [5, 5.41) is 3.03. The van der Waals surface area contributed by atoms with Gasteiger partial charge in [-0.1, -0.05) is 42.8 Å². The number of aryl methyl sites for hydroxylation is 1. The van der Waals surface area contributed by atoms with Crippen LogP contribution in [-0.4, -0.2) is 0 Å². The Labute approximate surface area is 126 Å². The van der Waals surface area contributed by atoms with Gasteiger partial charge in [-0.2, -0.15) is 13.2 Å². The zero-order chi connectivity index (χ0) is 15.5. The van der Waals surface area contributed by atoms with E-state index in [4.69, 9.17) is 11.6 Å². The minimum Gasteiger partial charge on any atom is -0.381 e. The molecule has 0 bridgehead atoms. The molecule has 0 aliphatic carbocycles. The van der Waals surface area contributed by atoms with Crippen LogP contribution in [0.15, 0.2) is 42.5 Å². The highest BCUT2D eigenvalue weighted by Crippen LogP contribution is 2.33. The number of hydrogen-bond donors (Lipinski definition) is 1. The van der Waals surface area contributed by atoms with Gasteiger partial charge in [0, 0.05) is 17.3 Å². The first-order chi connectivity index (χ1) is 9.88. The molecule has 0 aliphatic rings. The molecule has 0 heterocycles. The number of benzene rings is 2. The summed E-state index contributed by atoms with van der Waals surface area (Å²) < 4.78 is 38.1. The summed E-state index contributed by atoms with van der Waals surface area (Å²) in [5.41, 5.74) is 1.83. The van der Waals surface area contributed by atoms with Gasteiger partial charge in [0.2, 0.25) is 0 Å². The molecule has 5 heteroatoms. The minimum absolute atomic E-state index is 0.0636. The molecular formula is C16H15ClF3N. The zero-order valence-electron chi connectivity index (χ0n) is 11.5. The highest BCUT2D eigenvalue weighted by Gasteiger charge is 2.31. The van der Waals surface area contributed by atoms with Crippen LogP contribution in [0.1, 0.15) is 23.6 Å². The van der Waals surface area contributed by atoms with Crippen molar-refractivity contribution in [1.29, 1.82) is 0 Å². The van der Waals surface area contributed by atoms with Crippen LogP contribution in [0.25, 0.3) is 0 Å². The monoisotopic (exact) mass is 313 g/mol. The molecule has 1 nitrogen and oxygen atoms in total. The zero-order valence-corrected chi connectivity index (χ0v) is 12.2. The van der Waals surface area contributed by atoms with E-state index >= 15 is 0 Å². The molecule has 2 aromatic carbocycles. The molecule has 0 saturated heterocycles. The number of nitrogens with one attached hydrogen (secondary N) is 1. The van der Waals surface area contributed by atoms with E-state index in [1.165, 1.54) is 11.6 Å². The first kappa shape index (κ1) is 15.7. The van der Waals surface area contributed by atoms with Gasteiger partial charge in [-0.15, -0.1) is 0 Å². The lowest BCUT2D eigenvalue weighted by Gasteiger charge is -2.12. The number of halogens is 4. The highest BCUT2D eigenvalue weighted by atomic mass is 35.5. The Kier molecular flexibility index (Phi) is 4.78. The molecule has 0 unspecified atom stereocenters. The van der Waals surface area contributed by atoms with E-state index in [0.717, 1.165) is 24.1 Å². The predicted octanol–water partition coefficient (Wildman–Crippen LogP) is 5.53. The molecule has 0 aromatic heterocycles. The van der Waals surface area contributed by atoms with E-state index in [0.29, 0.717) is 12.2 Å². The molecule has 0 saturated carbocycles. The summed E-state index contributed by atoms with van der Waals surface area (Å²) in [6.07, 6.45) is -3.44. The SMILES string of the molecule is CCc1ccc(CNc2cc(Cl)cc(C(F)(F)F)c2)cc1. The van der Waals surface area contributed by atoms with Crippen molar-refractivity contribution in [2.24, 2.45) is 0 Å². The van der Waals surface area contributed by atoms with E-state index in [9.17, 15) is 13.2 Å². The fraction of sp³-hybridized carbons (Fsp3) is 0.250. The third kappa shape index (κ3) is 4.39. The lowest BCUT2D eigenvalue weighted by atomic mass is 10.1. The maximum absolute atomic E-state index is 12.7. The Bertz CT molecular complexity index is 606. The van der Waals surface area contributed by atoms with E-state index in [1.54, 1.807) is 0 Å². The Balaban J connectivity index is 2.10. The summed E-state index contributed by atoms with van der Waals surface area (Å²) in [4.78, 5) is 0. The van der Waals surface area contributed by atoms with Crippen LogP contribution in [0.2, 0.25) is 5.02 Å². The molecule has 2 rings (SSSR count). The first-order valence-corrected chi connectivity index (χ1v) is 6.96. The maximum Gasteiger partial charge on any atom is 0.416 e. The van der Waals surface area contributed by atoms with Crippen LogP contribution in [0.4, 0.5) is 18.9 Å². The summed E-state index contributed by atoms with van der Waals surface area (Å²) in [7, 11) is 0. The van der Waals surface area contributed by atoms with Crippen LogP contribution in [0.3, 0.4) is 0 Å². The molecule has 112 valence electrons. The van der Waals surface area contributed by atoms with Crippen LogP contribution in [-0.2, 0) is 19.1 Å². The topological polar surface area (TPSA) is 12.0 Å². The Hall–Kier alpha value is -1.68. The second-order valence-electron chi connectivity index (χ2n) is 4.75. The van der Waals surface area contributed by atoms with E-state index in [-0.39, 0.29) is 5.02 Å². The van der Waals surface area contributed by atoms with E-state index in [2.05, 4.69) is 12.2 Å². The standard InChI is InChI=1S/C16H15ClF3N/c1-2-11-3-5-12(6-4-11)10-21-15-8-13(16(18,19)20)7-14(17)9-15/h3-9,21H,2,10H2,1H3. The molecule has 21 heavy (non-hydrogen) atoms. The summed E-state index contributed by atoms with van der Waals surface area (Å²) in [6, 6.07) is 11.4. The third-order valence-corrected chi connectivity index (χ3v) is 3.37. The average Bonchev–Trinajstić information content (AvgIpc) is 2.44. The van der Waals surface area contributed by atoms with Gasteiger partial charge in [0.15, 0.2) is 0 Å². The van der Waals surface area contributed by atoms with Crippen molar-refractivity contribution >= 4 is 17.3 Å². The molecule has 0 amide bonds. The molecular weight excluding hydrogens is 299 g/mol. The fourth-order valence-electron chi connectivity index (χ4n) is 1.95. The van der Waals surface area contributed by atoms with Gasteiger partial charge in [-0.25, -0.2) is 0 Å². The molecule has 0 aliphatic heterocycles. The van der Waals surface area contributed by atoms with Crippen molar-refractivity contribution in [1.82, 2.24) is 0 Å². The van der Waals surface area contributed by atoms with Crippen molar-refractivity contribution < 1.29 is 13.2 Å². The van der Waals surface area contributed by atoms with E-state index in [1.807, 2.05) is 24.3 Å². The minimum atomic E-state index is -4.40. The molecule has 2 aromatic rings. The van der Waals surface area contributed by atoms with Gasteiger partial charge in [-0.3, -0.25) is 0 Å². The van der Waals surface area contributed by atoms with Gasteiger partial charge in [-0.05, 0) is 35.7 Å². The van der Waals surface area contributed by atoms with Crippen LogP contribution in [0.5, 0.6) is 0 Å². The Morgan fingerprint density at radius 3 is 2.19 bits per heavy atom. The first-order valence-electron chi connectivity index (χ1n) is 6.58. The highest BCUT2D eigenvalue weighted by molar-refractivity contribution is 6.30. The van der Waals surface area contributed by atoms with Crippen molar-refractivity contribution in [3.8, 4) is 0 Å². The largest absolute Gasteiger partial charge is 0.416 e. The second-order valence-corrected chi connectivity index (χ2v) is 5.19. The van der Waals surface area contributed by atoms with Gasteiger partial charge in [0.1, 0.15) is 0 Å². The molecule has 0 spiro atoms. The van der Waals surface area contributed by atoms with Crippen molar-refractivity contribution in [3.05, 3.63) is 64.2 Å².